The van der Waals surface area contributed by atoms with Gasteiger partial charge in [0.25, 0.3) is 0 Å². The SMILES string of the molecule is Cc1cc(NC(C)c2ccc(F)cc2F)c(C)cc1O. The molecule has 0 aliphatic heterocycles. The van der Waals surface area contributed by atoms with E-state index >= 15 is 0 Å². The predicted octanol–water partition coefficient (Wildman–Crippen LogP) is 4.46. The molecule has 0 aliphatic carbocycles. The number of halogens is 2. The third-order valence-electron chi connectivity index (χ3n) is 3.34. The maximum absolute atomic E-state index is 13.7. The van der Waals surface area contributed by atoms with E-state index in [2.05, 4.69) is 5.32 Å². The molecule has 0 fully saturated rings. The third-order valence-corrected chi connectivity index (χ3v) is 3.34. The Morgan fingerprint density at radius 2 is 1.75 bits per heavy atom. The molecule has 1 atom stereocenters. The van der Waals surface area contributed by atoms with E-state index in [4.69, 9.17) is 0 Å². The van der Waals surface area contributed by atoms with Crippen LogP contribution in [0.3, 0.4) is 0 Å². The number of aryl methyl sites for hydroxylation is 2. The molecule has 0 saturated heterocycles. The standard InChI is InChI=1S/C16H17F2NO/c1-9-7-16(20)10(2)6-15(9)19-11(3)13-5-4-12(17)8-14(13)18/h4-8,11,19-20H,1-3H3. The van der Waals surface area contributed by atoms with Crippen molar-refractivity contribution in [3.63, 3.8) is 0 Å². The fraction of sp³-hybridized carbons (Fsp3) is 0.250. The highest BCUT2D eigenvalue weighted by Gasteiger charge is 2.13. The highest BCUT2D eigenvalue weighted by molar-refractivity contribution is 5.57. The lowest BCUT2D eigenvalue weighted by atomic mass is 10.0. The molecule has 2 aromatic carbocycles. The van der Waals surface area contributed by atoms with E-state index in [1.807, 2.05) is 13.0 Å². The zero-order chi connectivity index (χ0) is 14.9. The van der Waals surface area contributed by atoms with E-state index in [-0.39, 0.29) is 11.8 Å². The lowest BCUT2D eigenvalue weighted by molar-refractivity contribution is 0.470. The fourth-order valence-electron chi connectivity index (χ4n) is 2.12. The Hall–Kier alpha value is -2.10. The summed E-state index contributed by atoms with van der Waals surface area (Å²) in [5.41, 5.74) is 2.82. The summed E-state index contributed by atoms with van der Waals surface area (Å²) >= 11 is 0. The molecule has 0 aromatic heterocycles. The quantitative estimate of drug-likeness (QED) is 0.812. The van der Waals surface area contributed by atoms with Gasteiger partial charge in [0.2, 0.25) is 0 Å². The number of hydrogen-bond donors (Lipinski definition) is 2. The van der Waals surface area contributed by atoms with Crippen molar-refractivity contribution in [3.8, 4) is 5.75 Å². The molecule has 4 heteroatoms. The van der Waals surface area contributed by atoms with E-state index in [9.17, 15) is 13.9 Å². The Balaban J connectivity index is 2.27. The molecular formula is C16H17F2NO. The monoisotopic (exact) mass is 277 g/mol. The van der Waals surface area contributed by atoms with Crippen molar-refractivity contribution >= 4 is 5.69 Å². The Kier molecular flexibility index (Phi) is 3.93. The van der Waals surface area contributed by atoms with Crippen LogP contribution in [0.4, 0.5) is 14.5 Å². The number of anilines is 1. The second-order valence-electron chi connectivity index (χ2n) is 4.99. The van der Waals surface area contributed by atoms with Gasteiger partial charge in [-0.25, -0.2) is 8.78 Å². The molecule has 0 aliphatic rings. The number of hydrogen-bond acceptors (Lipinski definition) is 2. The minimum Gasteiger partial charge on any atom is -0.508 e. The van der Waals surface area contributed by atoms with Crippen molar-refractivity contribution < 1.29 is 13.9 Å². The summed E-state index contributed by atoms with van der Waals surface area (Å²) in [6.07, 6.45) is 0. The number of rotatable bonds is 3. The van der Waals surface area contributed by atoms with Crippen molar-refractivity contribution in [1.82, 2.24) is 0 Å². The topological polar surface area (TPSA) is 32.3 Å². The van der Waals surface area contributed by atoms with Crippen molar-refractivity contribution in [2.45, 2.75) is 26.8 Å². The average Bonchev–Trinajstić information content (AvgIpc) is 2.35. The van der Waals surface area contributed by atoms with Crippen LogP contribution in [-0.4, -0.2) is 5.11 Å². The molecule has 2 rings (SSSR count). The molecule has 0 bridgehead atoms. The third kappa shape index (κ3) is 2.90. The fourth-order valence-corrected chi connectivity index (χ4v) is 2.12. The van der Waals surface area contributed by atoms with E-state index in [0.29, 0.717) is 5.56 Å². The molecule has 0 heterocycles. The molecule has 106 valence electrons. The minimum absolute atomic E-state index is 0.230. The second kappa shape index (κ2) is 5.49. The summed E-state index contributed by atoms with van der Waals surface area (Å²) in [6.45, 7) is 5.45. The average molecular weight is 277 g/mol. The lowest BCUT2D eigenvalue weighted by Crippen LogP contribution is -2.10. The molecule has 0 amide bonds. The van der Waals surface area contributed by atoms with Crippen LogP contribution in [-0.2, 0) is 0 Å². The molecule has 1 unspecified atom stereocenters. The molecule has 0 spiro atoms. The molecule has 20 heavy (non-hydrogen) atoms. The van der Waals surface area contributed by atoms with Gasteiger partial charge in [-0.3, -0.25) is 0 Å². The van der Waals surface area contributed by atoms with Gasteiger partial charge in [0.1, 0.15) is 17.4 Å². The van der Waals surface area contributed by atoms with Crippen LogP contribution in [0, 0.1) is 25.5 Å². The number of phenols is 1. The molecule has 0 radical (unpaired) electrons. The number of nitrogens with one attached hydrogen (secondary N) is 1. The van der Waals surface area contributed by atoms with Crippen LogP contribution >= 0.6 is 0 Å². The lowest BCUT2D eigenvalue weighted by Gasteiger charge is -2.19. The molecule has 2 N–H and O–H groups in total. The summed E-state index contributed by atoms with van der Waals surface area (Å²) in [6, 6.07) is 6.71. The van der Waals surface area contributed by atoms with Gasteiger partial charge in [0.05, 0.1) is 6.04 Å². The second-order valence-corrected chi connectivity index (χ2v) is 4.99. The van der Waals surface area contributed by atoms with Gasteiger partial charge in [0.15, 0.2) is 0 Å². The predicted molar refractivity (Wildman–Crippen MR) is 76.0 cm³/mol. The van der Waals surface area contributed by atoms with Crippen LogP contribution in [0.5, 0.6) is 5.75 Å². The summed E-state index contributed by atoms with van der Waals surface area (Å²) in [5, 5.41) is 12.8. The molecule has 2 nitrogen and oxygen atoms in total. The summed E-state index contributed by atoms with van der Waals surface area (Å²) in [4.78, 5) is 0. The Morgan fingerprint density at radius 3 is 2.40 bits per heavy atom. The maximum Gasteiger partial charge on any atom is 0.131 e. The van der Waals surface area contributed by atoms with Crippen LogP contribution < -0.4 is 5.32 Å². The van der Waals surface area contributed by atoms with E-state index in [1.165, 1.54) is 12.1 Å². The van der Waals surface area contributed by atoms with E-state index < -0.39 is 11.6 Å². The first-order valence-electron chi connectivity index (χ1n) is 6.40. The van der Waals surface area contributed by atoms with Crippen molar-refractivity contribution in [1.29, 1.82) is 0 Å². The van der Waals surface area contributed by atoms with Crippen molar-refractivity contribution in [2.24, 2.45) is 0 Å². The van der Waals surface area contributed by atoms with Gasteiger partial charge in [-0.1, -0.05) is 6.07 Å². The van der Waals surface area contributed by atoms with Crippen LogP contribution in [0.2, 0.25) is 0 Å². The van der Waals surface area contributed by atoms with Crippen LogP contribution in [0.25, 0.3) is 0 Å². The van der Waals surface area contributed by atoms with Crippen LogP contribution in [0.1, 0.15) is 29.7 Å². The maximum atomic E-state index is 13.7. The molecule has 0 saturated carbocycles. The number of aromatic hydroxyl groups is 1. The molecule has 2 aromatic rings. The largest absolute Gasteiger partial charge is 0.508 e. The first kappa shape index (κ1) is 14.3. The van der Waals surface area contributed by atoms with Crippen LogP contribution in [0.15, 0.2) is 30.3 Å². The Labute approximate surface area is 117 Å². The van der Waals surface area contributed by atoms with Gasteiger partial charge < -0.3 is 10.4 Å². The van der Waals surface area contributed by atoms with Crippen molar-refractivity contribution in [2.75, 3.05) is 5.32 Å². The zero-order valence-electron chi connectivity index (χ0n) is 11.7. The van der Waals surface area contributed by atoms with Gasteiger partial charge >= 0.3 is 0 Å². The Morgan fingerprint density at radius 1 is 1.05 bits per heavy atom. The van der Waals surface area contributed by atoms with E-state index in [0.717, 1.165) is 22.9 Å². The van der Waals surface area contributed by atoms with Gasteiger partial charge in [0, 0.05) is 17.3 Å². The molecular weight excluding hydrogens is 260 g/mol. The van der Waals surface area contributed by atoms with E-state index in [1.54, 1.807) is 19.9 Å². The number of benzene rings is 2. The smallest absolute Gasteiger partial charge is 0.131 e. The van der Waals surface area contributed by atoms with Gasteiger partial charge in [-0.2, -0.15) is 0 Å². The minimum atomic E-state index is -0.588. The van der Waals surface area contributed by atoms with Gasteiger partial charge in [-0.15, -0.1) is 0 Å². The van der Waals surface area contributed by atoms with Gasteiger partial charge in [-0.05, 0) is 50.1 Å². The zero-order valence-corrected chi connectivity index (χ0v) is 11.7. The first-order valence-corrected chi connectivity index (χ1v) is 6.40. The normalized spacial score (nSPS) is 12.2. The Bertz CT molecular complexity index is 641. The highest BCUT2D eigenvalue weighted by atomic mass is 19.1. The van der Waals surface area contributed by atoms with Crippen molar-refractivity contribution in [3.05, 3.63) is 58.7 Å². The highest BCUT2D eigenvalue weighted by Crippen LogP contribution is 2.28. The number of phenolic OH excluding ortho intramolecular Hbond substituents is 1. The summed E-state index contributed by atoms with van der Waals surface area (Å²) in [5.74, 6) is -0.929. The summed E-state index contributed by atoms with van der Waals surface area (Å²) < 4.78 is 26.6. The summed E-state index contributed by atoms with van der Waals surface area (Å²) in [7, 11) is 0. The first-order chi connectivity index (χ1) is 9.38.